The molecule has 0 atom stereocenters. The molecule has 0 saturated carbocycles. The highest BCUT2D eigenvalue weighted by Crippen LogP contribution is 2.39. The fraction of sp³-hybridized carbons (Fsp3) is 0.0256. The van der Waals surface area contributed by atoms with Crippen molar-refractivity contribution >= 4 is 22.2 Å². The van der Waals surface area contributed by atoms with Gasteiger partial charge in [-0.2, -0.15) is 0 Å². The topological polar surface area (TPSA) is 88.5 Å². The first kappa shape index (κ1) is 28.2. The number of nitrogens with one attached hydrogen (secondary N) is 1. The molecule has 0 saturated heterocycles. The fourth-order valence-corrected chi connectivity index (χ4v) is 5.31. The lowest BCUT2D eigenvalue weighted by Crippen LogP contribution is -2.12. The van der Waals surface area contributed by atoms with Crippen LogP contribution < -0.4 is 5.73 Å². The molecule has 0 radical (unpaired) electrons. The second-order valence-electron chi connectivity index (χ2n) is 10.3. The average Bonchev–Trinajstić information content (AvgIpc) is 3.08. The monoisotopic (exact) mass is 569 g/mol. The lowest BCUT2D eigenvalue weighted by molar-refractivity contribution is 1.000. The molecule has 212 valence electrons. The molecular formula is C39H31N5. The van der Waals surface area contributed by atoms with Gasteiger partial charge in [0.25, 0.3) is 0 Å². The van der Waals surface area contributed by atoms with E-state index in [0.29, 0.717) is 17.3 Å². The van der Waals surface area contributed by atoms with E-state index in [1.165, 1.54) is 0 Å². The molecule has 1 heterocycles. The van der Waals surface area contributed by atoms with Gasteiger partial charge in [-0.3, -0.25) is 5.41 Å². The van der Waals surface area contributed by atoms with Gasteiger partial charge in [0.15, 0.2) is 17.5 Å². The summed E-state index contributed by atoms with van der Waals surface area (Å²) in [5, 5.41) is 10.8. The van der Waals surface area contributed by atoms with Gasteiger partial charge in [-0.15, -0.1) is 0 Å². The van der Waals surface area contributed by atoms with Crippen LogP contribution in [0.2, 0.25) is 0 Å². The maximum Gasteiger partial charge on any atom is 0.181 e. The maximum absolute atomic E-state index is 8.51. The summed E-state index contributed by atoms with van der Waals surface area (Å²) in [5.74, 6) is 0.978. The standard InChI is InChI=1S/C39H31N5/c1-3-12-35(40)38-42-37(43-39(44-38)36(41)13-4-2)30-22-23-32(29-19-10-18-28(24-29)26-14-6-5-7-15-26)34(25-30)33-21-11-17-27-16-8-9-20-31(27)33/h3-25,41H,1,40H2,2H3/b13-4-,35-12-,41-36?. The van der Waals surface area contributed by atoms with E-state index in [1.54, 1.807) is 24.3 Å². The van der Waals surface area contributed by atoms with Crippen molar-refractivity contribution in [1.82, 2.24) is 15.0 Å². The molecule has 0 fully saturated rings. The van der Waals surface area contributed by atoms with Crippen molar-refractivity contribution in [3.63, 3.8) is 0 Å². The number of nitrogens with zero attached hydrogens (tertiary/aromatic N) is 3. The average molecular weight is 570 g/mol. The molecule has 0 bridgehead atoms. The third-order valence-corrected chi connectivity index (χ3v) is 7.40. The van der Waals surface area contributed by atoms with Gasteiger partial charge in [0, 0.05) is 5.56 Å². The maximum atomic E-state index is 8.51. The van der Waals surface area contributed by atoms with Crippen LogP contribution in [0.1, 0.15) is 18.6 Å². The molecular weight excluding hydrogens is 538 g/mol. The molecule has 5 aromatic carbocycles. The lowest BCUT2D eigenvalue weighted by atomic mass is 9.89. The molecule has 0 aliphatic heterocycles. The predicted octanol–water partition coefficient (Wildman–Crippen LogP) is 9.12. The molecule has 0 aliphatic rings. The number of nitrogens with two attached hydrogens (primary N) is 1. The number of hydrogen-bond donors (Lipinski definition) is 2. The fourth-order valence-electron chi connectivity index (χ4n) is 5.31. The van der Waals surface area contributed by atoms with Gasteiger partial charge in [-0.25, -0.2) is 15.0 Å². The highest BCUT2D eigenvalue weighted by molar-refractivity contribution is 6.04. The van der Waals surface area contributed by atoms with Crippen LogP contribution in [0.3, 0.4) is 0 Å². The Bertz CT molecular complexity index is 2070. The first-order chi connectivity index (χ1) is 21.6. The van der Waals surface area contributed by atoms with Crippen LogP contribution in [0, 0.1) is 5.41 Å². The van der Waals surface area contributed by atoms with Gasteiger partial charge in [0.1, 0.15) is 0 Å². The third-order valence-electron chi connectivity index (χ3n) is 7.40. The Morgan fingerprint density at radius 3 is 2.18 bits per heavy atom. The first-order valence-electron chi connectivity index (χ1n) is 14.4. The van der Waals surface area contributed by atoms with E-state index < -0.39 is 0 Å². The Balaban J connectivity index is 1.59. The summed E-state index contributed by atoms with van der Waals surface area (Å²) in [6.45, 7) is 5.60. The summed E-state index contributed by atoms with van der Waals surface area (Å²) in [4.78, 5) is 13.9. The smallest absolute Gasteiger partial charge is 0.181 e. The molecule has 6 aromatic rings. The van der Waals surface area contributed by atoms with Crippen LogP contribution >= 0.6 is 0 Å². The van der Waals surface area contributed by atoms with Crippen molar-refractivity contribution in [3.05, 3.63) is 158 Å². The van der Waals surface area contributed by atoms with E-state index in [9.17, 15) is 0 Å². The van der Waals surface area contributed by atoms with Crippen molar-refractivity contribution in [2.75, 3.05) is 0 Å². The van der Waals surface area contributed by atoms with E-state index in [-0.39, 0.29) is 11.5 Å². The Morgan fingerprint density at radius 2 is 1.36 bits per heavy atom. The Hall–Kier alpha value is -5.94. The highest BCUT2D eigenvalue weighted by atomic mass is 15.1. The Morgan fingerprint density at radius 1 is 0.659 bits per heavy atom. The number of allylic oxidation sites excluding steroid dienone is 4. The summed E-state index contributed by atoms with van der Waals surface area (Å²) in [6, 6.07) is 40.1. The van der Waals surface area contributed by atoms with E-state index in [0.717, 1.165) is 49.7 Å². The summed E-state index contributed by atoms with van der Waals surface area (Å²) in [7, 11) is 0. The predicted molar refractivity (Wildman–Crippen MR) is 183 cm³/mol. The normalized spacial score (nSPS) is 11.6. The van der Waals surface area contributed by atoms with Gasteiger partial charge in [-0.1, -0.05) is 122 Å². The van der Waals surface area contributed by atoms with E-state index in [1.807, 2.05) is 19.1 Å². The summed E-state index contributed by atoms with van der Waals surface area (Å²) in [5.41, 5.74) is 14.3. The summed E-state index contributed by atoms with van der Waals surface area (Å²) >= 11 is 0. The molecule has 0 unspecified atom stereocenters. The number of hydrogen-bond acceptors (Lipinski definition) is 5. The van der Waals surface area contributed by atoms with Crippen LogP contribution in [0.4, 0.5) is 0 Å². The van der Waals surface area contributed by atoms with Crippen molar-refractivity contribution in [1.29, 1.82) is 5.41 Å². The second kappa shape index (κ2) is 12.5. The lowest BCUT2D eigenvalue weighted by Gasteiger charge is -2.16. The van der Waals surface area contributed by atoms with Gasteiger partial charge in [0.05, 0.1) is 11.4 Å². The number of rotatable bonds is 8. The Labute approximate surface area is 257 Å². The largest absolute Gasteiger partial charge is 0.396 e. The van der Waals surface area contributed by atoms with Crippen LogP contribution in [0.5, 0.6) is 0 Å². The molecule has 5 heteroatoms. The SMILES string of the molecule is C=C/C=C(\N)c1nc(C(=N)/C=C\C)nc(-c2ccc(-c3cccc(-c4ccccc4)c3)c(-c3cccc4ccccc34)c2)n1. The van der Waals surface area contributed by atoms with E-state index in [2.05, 4.69) is 115 Å². The summed E-state index contributed by atoms with van der Waals surface area (Å²) < 4.78 is 0. The number of fused-ring (bicyclic) bond motifs is 1. The zero-order valence-electron chi connectivity index (χ0n) is 24.4. The van der Waals surface area contributed by atoms with Crippen molar-refractivity contribution in [2.24, 2.45) is 5.73 Å². The van der Waals surface area contributed by atoms with Gasteiger partial charge < -0.3 is 5.73 Å². The molecule has 0 aliphatic carbocycles. The zero-order valence-corrected chi connectivity index (χ0v) is 24.4. The molecule has 0 spiro atoms. The van der Waals surface area contributed by atoms with E-state index >= 15 is 0 Å². The van der Waals surface area contributed by atoms with Gasteiger partial charge in [0.2, 0.25) is 0 Å². The second-order valence-corrected chi connectivity index (χ2v) is 10.3. The Kier molecular flexibility index (Phi) is 8.02. The molecule has 1 aromatic heterocycles. The van der Waals surface area contributed by atoms with Gasteiger partial charge >= 0.3 is 0 Å². The minimum Gasteiger partial charge on any atom is -0.396 e. The zero-order chi connectivity index (χ0) is 30.5. The molecule has 0 amide bonds. The number of benzene rings is 5. The minimum absolute atomic E-state index is 0.174. The van der Waals surface area contributed by atoms with E-state index in [4.69, 9.17) is 21.1 Å². The quantitative estimate of drug-likeness (QED) is 0.141. The van der Waals surface area contributed by atoms with Gasteiger partial charge in [-0.05, 0) is 75.4 Å². The van der Waals surface area contributed by atoms with Crippen molar-refractivity contribution in [2.45, 2.75) is 6.92 Å². The summed E-state index contributed by atoms with van der Waals surface area (Å²) in [6.07, 6.45) is 6.67. The molecule has 44 heavy (non-hydrogen) atoms. The molecule has 3 N–H and O–H groups in total. The van der Waals surface area contributed by atoms with Crippen LogP contribution in [0.15, 0.2) is 146 Å². The minimum atomic E-state index is 0.174. The van der Waals surface area contributed by atoms with Crippen LogP contribution in [-0.2, 0) is 0 Å². The number of aromatic nitrogens is 3. The third kappa shape index (κ3) is 5.72. The first-order valence-corrected chi connectivity index (χ1v) is 14.4. The van der Waals surface area contributed by atoms with Crippen molar-refractivity contribution in [3.8, 4) is 44.8 Å². The molecule has 6 rings (SSSR count). The van der Waals surface area contributed by atoms with Crippen LogP contribution in [0.25, 0.3) is 61.2 Å². The van der Waals surface area contributed by atoms with Crippen LogP contribution in [-0.4, -0.2) is 20.7 Å². The molecule has 5 nitrogen and oxygen atoms in total. The highest BCUT2D eigenvalue weighted by Gasteiger charge is 2.17. The van der Waals surface area contributed by atoms with Crippen molar-refractivity contribution < 1.29 is 0 Å².